The van der Waals surface area contributed by atoms with E-state index in [2.05, 4.69) is 10.0 Å². The molecule has 102 valence electrons. The number of anilines is 1. The molecule has 0 radical (unpaired) electrons. The summed E-state index contributed by atoms with van der Waals surface area (Å²) in [5.74, 6) is 0. The highest BCUT2D eigenvalue weighted by atomic mass is 32.2. The number of hydrogen-bond acceptors (Lipinski definition) is 3. The van der Waals surface area contributed by atoms with Gasteiger partial charge in [0.05, 0.1) is 5.69 Å². The molecule has 5 nitrogen and oxygen atoms in total. The molecule has 1 aromatic carbocycles. The molecule has 0 bridgehead atoms. The van der Waals surface area contributed by atoms with Crippen molar-refractivity contribution in [2.75, 3.05) is 25.4 Å². The number of nitrogens with zero attached hydrogens (tertiary/aromatic N) is 1. The molecule has 1 unspecified atom stereocenters. The lowest BCUT2D eigenvalue weighted by Crippen LogP contribution is -2.29. The van der Waals surface area contributed by atoms with E-state index in [9.17, 15) is 8.42 Å². The lowest BCUT2D eigenvalue weighted by atomic mass is 10.1. The van der Waals surface area contributed by atoms with E-state index in [0.717, 1.165) is 16.4 Å². The van der Waals surface area contributed by atoms with E-state index in [4.69, 9.17) is 0 Å². The minimum Gasteiger partial charge on any atom is -0.310 e. The van der Waals surface area contributed by atoms with Gasteiger partial charge in [0.15, 0.2) is 0 Å². The predicted octanol–water partition coefficient (Wildman–Crippen LogP) is 1.58. The monoisotopic (exact) mass is 271 g/mol. The van der Waals surface area contributed by atoms with Crippen LogP contribution in [0.15, 0.2) is 24.3 Å². The van der Waals surface area contributed by atoms with E-state index >= 15 is 0 Å². The zero-order valence-corrected chi connectivity index (χ0v) is 12.1. The van der Waals surface area contributed by atoms with Crippen LogP contribution in [0.3, 0.4) is 0 Å². The summed E-state index contributed by atoms with van der Waals surface area (Å²) < 4.78 is 27.1. The molecule has 0 spiro atoms. The summed E-state index contributed by atoms with van der Waals surface area (Å²) in [5, 5.41) is 3.29. The number of benzene rings is 1. The van der Waals surface area contributed by atoms with Gasteiger partial charge in [0.1, 0.15) is 0 Å². The second-order valence-corrected chi connectivity index (χ2v) is 6.18. The average Bonchev–Trinajstić information content (AvgIpc) is 2.29. The van der Waals surface area contributed by atoms with E-state index in [1.54, 1.807) is 6.07 Å². The van der Waals surface area contributed by atoms with Crippen molar-refractivity contribution in [3.05, 3.63) is 29.8 Å². The Hall–Kier alpha value is -1.11. The standard InChI is InChI=1S/C12H21N3O2S/c1-5-13-10(2)11-7-6-8-12(9-11)14-18(16,17)15(3)4/h6-10,13-14H,5H2,1-4H3. The van der Waals surface area contributed by atoms with Crippen LogP contribution >= 0.6 is 0 Å². The number of rotatable bonds is 6. The van der Waals surface area contributed by atoms with Crippen LogP contribution in [-0.2, 0) is 10.2 Å². The number of nitrogens with one attached hydrogen (secondary N) is 2. The first-order valence-corrected chi connectivity index (χ1v) is 7.34. The summed E-state index contributed by atoms with van der Waals surface area (Å²) in [6.45, 7) is 4.95. The Labute approximate surface area is 109 Å². The number of hydrogen-bond donors (Lipinski definition) is 2. The Kier molecular flexibility index (Phi) is 5.13. The van der Waals surface area contributed by atoms with Gasteiger partial charge in [0.2, 0.25) is 0 Å². The van der Waals surface area contributed by atoms with Gasteiger partial charge in [0.25, 0.3) is 0 Å². The van der Waals surface area contributed by atoms with Crippen LogP contribution in [0.25, 0.3) is 0 Å². The SMILES string of the molecule is CCNC(C)c1cccc(NS(=O)(=O)N(C)C)c1. The van der Waals surface area contributed by atoms with Crippen molar-refractivity contribution in [2.24, 2.45) is 0 Å². The van der Waals surface area contributed by atoms with Gasteiger partial charge in [-0.3, -0.25) is 4.72 Å². The third-order valence-electron chi connectivity index (χ3n) is 2.62. The Balaban J connectivity index is 2.89. The van der Waals surface area contributed by atoms with Crippen LogP contribution in [0, 0.1) is 0 Å². The van der Waals surface area contributed by atoms with E-state index in [-0.39, 0.29) is 6.04 Å². The van der Waals surface area contributed by atoms with Crippen molar-refractivity contribution in [3.8, 4) is 0 Å². The van der Waals surface area contributed by atoms with E-state index in [0.29, 0.717) is 5.69 Å². The van der Waals surface area contributed by atoms with Crippen LogP contribution in [0.1, 0.15) is 25.5 Å². The molecular weight excluding hydrogens is 250 g/mol. The molecule has 0 aliphatic heterocycles. The first kappa shape index (κ1) is 14.9. The van der Waals surface area contributed by atoms with Crippen molar-refractivity contribution < 1.29 is 8.42 Å². The summed E-state index contributed by atoms with van der Waals surface area (Å²) in [7, 11) is -0.456. The van der Waals surface area contributed by atoms with Crippen LogP contribution in [-0.4, -0.2) is 33.4 Å². The van der Waals surface area contributed by atoms with Gasteiger partial charge in [0, 0.05) is 20.1 Å². The van der Waals surface area contributed by atoms with Crippen molar-refractivity contribution in [1.29, 1.82) is 0 Å². The Bertz CT molecular complexity index is 486. The molecule has 1 aromatic rings. The zero-order valence-electron chi connectivity index (χ0n) is 11.3. The molecule has 2 N–H and O–H groups in total. The van der Waals surface area contributed by atoms with Gasteiger partial charge in [-0.25, -0.2) is 0 Å². The zero-order chi connectivity index (χ0) is 13.8. The van der Waals surface area contributed by atoms with Gasteiger partial charge in [-0.2, -0.15) is 12.7 Å². The Morgan fingerprint density at radius 1 is 1.33 bits per heavy atom. The highest BCUT2D eigenvalue weighted by molar-refractivity contribution is 7.90. The average molecular weight is 271 g/mol. The summed E-state index contributed by atoms with van der Waals surface area (Å²) in [5.41, 5.74) is 1.63. The van der Waals surface area contributed by atoms with E-state index in [1.165, 1.54) is 14.1 Å². The lowest BCUT2D eigenvalue weighted by Gasteiger charge is -2.16. The summed E-state index contributed by atoms with van der Waals surface area (Å²) in [4.78, 5) is 0. The first-order chi connectivity index (χ1) is 8.36. The maximum absolute atomic E-state index is 11.7. The summed E-state index contributed by atoms with van der Waals surface area (Å²) >= 11 is 0. The van der Waals surface area contributed by atoms with Crippen LogP contribution < -0.4 is 10.0 Å². The predicted molar refractivity (Wildman–Crippen MR) is 74.8 cm³/mol. The molecule has 0 heterocycles. The second kappa shape index (κ2) is 6.17. The van der Waals surface area contributed by atoms with Gasteiger partial charge in [-0.05, 0) is 31.2 Å². The first-order valence-electron chi connectivity index (χ1n) is 5.90. The molecule has 1 rings (SSSR count). The Morgan fingerprint density at radius 3 is 2.56 bits per heavy atom. The topological polar surface area (TPSA) is 61.4 Å². The van der Waals surface area contributed by atoms with E-state index in [1.807, 2.05) is 32.0 Å². The fraction of sp³-hybridized carbons (Fsp3) is 0.500. The molecule has 1 atom stereocenters. The quantitative estimate of drug-likeness (QED) is 0.825. The van der Waals surface area contributed by atoms with Crippen LogP contribution in [0.2, 0.25) is 0 Å². The van der Waals surface area contributed by atoms with Gasteiger partial charge < -0.3 is 5.32 Å². The normalized spacial score (nSPS) is 13.6. The largest absolute Gasteiger partial charge is 0.310 e. The molecule has 0 saturated carbocycles. The van der Waals surface area contributed by atoms with Gasteiger partial charge in [-0.1, -0.05) is 19.1 Å². The summed E-state index contributed by atoms with van der Waals surface area (Å²) in [6, 6.07) is 7.59. The molecule has 0 aliphatic rings. The van der Waals surface area contributed by atoms with Crippen LogP contribution in [0.4, 0.5) is 5.69 Å². The molecule has 0 aliphatic carbocycles. The minimum absolute atomic E-state index is 0.193. The smallest absolute Gasteiger partial charge is 0.301 e. The third-order valence-corrected chi connectivity index (χ3v) is 4.08. The lowest BCUT2D eigenvalue weighted by molar-refractivity contribution is 0.527. The van der Waals surface area contributed by atoms with E-state index < -0.39 is 10.2 Å². The molecule has 0 aromatic heterocycles. The fourth-order valence-corrected chi connectivity index (χ4v) is 2.14. The van der Waals surface area contributed by atoms with Gasteiger partial charge in [-0.15, -0.1) is 0 Å². The molecule has 0 amide bonds. The minimum atomic E-state index is -3.44. The maximum atomic E-state index is 11.7. The summed E-state index contributed by atoms with van der Waals surface area (Å²) in [6.07, 6.45) is 0. The van der Waals surface area contributed by atoms with Crippen LogP contribution in [0.5, 0.6) is 0 Å². The van der Waals surface area contributed by atoms with Crippen molar-refractivity contribution >= 4 is 15.9 Å². The third kappa shape index (κ3) is 3.97. The maximum Gasteiger partial charge on any atom is 0.301 e. The highest BCUT2D eigenvalue weighted by Gasteiger charge is 2.13. The van der Waals surface area contributed by atoms with Crippen molar-refractivity contribution in [2.45, 2.75) is 19.9 Å². The molecule has 18 heavy (non-hydrogen) atoms. The Morgan fingerprint density at radius 2 is 2.00 bits per heavy atom. The molecule has 0 saturated heterocycles. The molecule has 6 heteroatoms. The second-order valence-electron chi connectivity index (χ2n) is 4.29. The molecular formula is C12H21N3O2S. The fourth-order valence-electron chi connectivity index (χ4n) is 1.54. The highest BCUT2D eigenvalue weighted by Crippen LogP contribution is 2.18. The molecule has 0 fully saturated rings. The van der Waals surface area contributed by atoms with Crippen molar-refractivity contribution in [1.82, 2.24) is 9.62 Å². The van der Waals surface area contributed by atoms with Crippen molar-refractivity contribution in [3.63, 3.8) is 0 Å². The van der Waals surface area contributed by atoms with Gasteiger partial charge >= 0.3 is 10.2 Å².